The van der Waals surface area contributed by atoms with E-state index in [4.69, 9.17) is 5.73 Å². The van der Waals surface area contributed by atoms with Crippen LogP contribution < -0.4 is 16.5 Å². The number of piperidine rings is 1. The van der Waals surface area contributed by atoms with Gasteiger partial charge in [0.15, 0.2) is 0 Å². The average molecular weight is 265 g/mol. The zero-order chi connectivity index (χ0) is 9.60. The predicted octanol–water partition coefficient (Wildman–Crippen LogP) is 0.718. The molecule has 92 valence electrons. The zero-order valence-electron chi connectivity index (χ0n) is 9.03. The summed E-state index contributed by atoms with van der Waals surface area (Å²) in [6.45, 7) is 3.21. The molecule has 0 atom stereocenters. The van der Waals surface area contributed by atoms with Crippen LogP contribution in [0.1, 0.15) is 12.8 Å². The Balaban J connectivity index is 0.000000640. The number of nitrogens with two attached hydrogens (primary N) is 1. The minimum atomic E-state index is 0. The maximum atomic E-state index is 6.25. The summed E-state index contributed by atoms with van der Waals surface area (Å²) in [5.41, 5.74) is 12.0. The summed E-state index contributed by atoms with van der Waals surface area (Å²) in [6.07, 6.45) is 6.35. The minimum Gasteiger partial charge on any atom is -0.400 e. The van der Waals surface area contributed by atoms with E-state index < -0.39 is 0 Å². The van der Waals surface area contributed by atoms with Crippen molar-refractivity contribution in [3.8, 4) is 0 Å². The van der Waals surface area contributed by atoms with Crippen molar-refractivity contribution in [2.45, 2.75) is 12.8 Å². The molecule has 0 aliphatic carbocycles. The Hall–Kier alpha value is -0.580. The van der Waals surface area contributed by atoms with Gasteiger partial charge in [-0.3, -0.25) is 5.01 Å². The first-order chi connectivity index (χ1) is 6.82. The van der Waals surface area contributed by atoms with Crippen LogP contribution in [0.25, 0.3) is 0 Å². The normalized spacial score (nSPS) is 24.9. The number of halogens is 2. The van der Waals surface area contributed by atoms with Crippen LogP contribution in [0.15, 0.2) is 23.7 Å². The van der Waals surface area contributed by atoms with Crippen LogP contribution in [0.2, 0.25) is 0 Å². The van der Waals surface area contributed by atoms with E-state index in [-0.39, 0.29) is 30.2 Å². The second-order valence-corrected chi connectivity index (χ2v) is 4.38. The second kappa shape index (κ2) is 4.73. The van der Waals surface area contributed by atoms with Gasteiger partial charge >= 0.3 is 0 Å². The van der Waals surface area contributed by atoms with E-state index in [0.29, 0.717) is 0 Å². The highest BCUT2D eigenvalue weighted by Crippen LogP contribution is 2.43. The largest absolute Gasteiger partial charge is 0.400 e. The number of nitrogens with one attached hydrogen (secondary N) is 2. The molecule has 0 amide bonds. The topological polar surface area (TPSA) is 53.3 Å². The van der Waals surface area contributed by atoms with Crippen molar-refractivity contribution < 1.29 is 0 Å². The lowest BCUT2D eigenvalue weighted by Crippen LogP contribution is -2.43. The van der Waals surface area contributed by atoms with Crippen LogP contribution in [-0.4, -0.2) is 24.6 Å². The monoisotopic (exact) mass is 264 g/mol. The molecule has 4 nitrogen and oxygen atoms in total. The smallest absolute Gasteiger partial charge is 0.0780 e. The van der Waals surface area contributed by atoms with Crippen LogP contribution in [0.4, 0.5) is 0 Å². The van der Waals surface area contributed by atoms with E-state index in [1.165, 1.54) is 5.70 Å². The number of hydrazine groups is 1. The number of fused-ring (bicyclic) bond motifs is 1. The fourth-order valence-electron chi connectivity index (χ4n) is 2.72. The summed E-state index contributed by atoms with van der Waals surface area (Å²) >= 11 is 0. The van der Waals surface area contributed by atoms with Gasteiger partial charge < -0.3 is 16.5 Å². The number of hydrogen-bond donors (Lipinski definition) is 3. The van der Waals surface area contributed by atoms with Gasteiger partial charge in [-0.25, -0.2) is 0 Å². The van der Waals surface area contributed by atoms with Crippen LogP contribution >= 0.6 is 24.8 Å². The third-order valence-electron chi connectivity index (χ3n) is 3.63. The standard InChI is InChI=1S/C10H16N4.2ClH/c11-9-8-1-4-13-14(8)7-10(9)2-5-12-6-3-10;;/h1,4,12-13H,2-3,5-7,11H2;2*1H. The molecule has 1 saturated heterocycles. The van der Waals surface area contributed by atoms with Gasteiger partial charge in [-0.05, 0) is 32.0 Å². The van der Waals surface area contributed by atoms with Gasteiger partial charge in [0.05, 0.1) is 12.2 Å². The van der Waals surface area contributed by atoms with Crippen LogP contribution in [0.5, 0.6) is 0 Å². The number of nitrogens with zero attached hydrogens (tertiary/aromatic N) is 1. The highest BCUT2D eigenvalue weighted by atomic mass is 35.5. The summed E-state index contributed by atoms with van der Waals surface area (Å²) in [5.74, 6) is 0. The van der Waals surface area contributed by atoms with Crippen molar-refractivity contribution >= 4 is 24.8 Å². The molecule has 0 aromatic heterocycles. The molecular formula is C10H18Cl2N4. The molecule has 0 aromatic carbocycles. The highest BCUT2D eigenvalue weighted by molar-refractivity contribution is 5.85. The maximum Gasteiger partial charge on any atom is 0.0780 e. The van der Waals surface area contributed by atoms with E-state index >= 15 is 0 Å². The molecule has 0 aromatic rings. The predicted molar refractivity (Wildman–Crippen MR) is 69.2 cm³/mol. The van der Waals surface area contributed by atoms with Crippen molar-refractivity contribution in [3.63, 3.8) is 0 Å². The Bertz CT molecular complexity index is 321. The van der Waals surface area contributed by atoms with Crippen molar-refractivity contribution in [2.75, 3.05) is 19.6 Å². The first-order valence-electron chi connectivity index (χ1n) is 5.23. The third-order valence-corrected chi connectivity index (χ3v) is 3.63. The highest BCUT2D eigenvalue weighted by Gasteiger charge is 2.44. The molecule has 3 rings (SSSR count). The molecule has 3 heterocycles. The van der Waals surface area contributed by atoms with Gasteiger partial charge in [0.1, 0.15) is 0 Å². The molecule has 0 radical (unpaired) electrons. The summed E-state index contributed by atoms with van der Waals surface area (Å²) in [4.78, 5) is 0. The minimum absolute atomic E-state index is 0. The van der Waals surface area contributed by atoms with Gasteiger partial charge in [0.25, 0.3) is 0 Å². The quantitative estimate of drug-likeness (QED) is 0.604. The van der Waals surface area contributed by atoms with E-state index in [1.54, 1.807) is 0 Å². The van der Waals surface area contributed by atoms with Crippen LogP contribution in [0.3, 0.4) is 0 Å². The SMILES string of the molecule is Cl.Cl.NC1=C2C=CNN2CC12CCNCC2. The van der Waals surface area contributed by atoms with Crippen LogP contribution in [-0.2, 0) is 0 Å². The Labute approximate surface area is 108 Å². The summed E-state index contributed by atoms with van der Waals surface area (Å²) in [7, 11) is 0. The molecular weight excluding hydrogens is 247 g/mol. The number of allylic oxidation sites excluding steroid dienone is 1. The van der Waals surface area contributed by atoms with E-state index in [0.717, 1.165) is 38.2 Å². The van der Waals surface area contributed by atoms with E-state index in [2.05, 4.69) is 21.8 Å². The summed E-state index contributed by atoms with van der Waals surface area (Å²) < 4.78 is 0. The Morgan fingerprint density at radius 3 is 2.56 bits per heavy atom. The lowest BCUT2D eigenvalue weighted by atomic mass is 9.77. The third kappa shape index (κ3) is 1.75. The van der Waals surface area contributed by atoms with Crippen molar-refractivity contribution in [1.29, 1.82) is 0 Å². The Morgan fingerprint density at radius 2 is 1.94 bits per heavy atom. The molecule has 16 heavy (non-hydrogen) atoms. The fraction of sp³-hybridized carbons (Fsp3) is 0.600. The lowest BCUT2D eigenvalue weighted by molar-refractivity contribution is 0.191. The molecule has 3 aliphatic rings. The lowest BCUT2D eigenvalue weighted by Gasteiger charge is -2.35. The van der Waals surface area contributed by atoms with Crippen molar-refractivity contribution in [3.05, 3.63) is 23.7 Å². The van der Waals surface area contributed by atoms with E-state index in [9.17, 15) is 0 Å². The van der Waals surface area contributed by atoms with Gasteiger partial charge in [0.2, 0.25) is 0 Å². The van der Waals surface area contributed by atoms with Crippen molar-refractivity contribution in [1.82, 2.24) is 15.8 Å². The maximum absolute atomic E-state index is 6.25. The summed E-state index contributed by atoms with van der Waals surface area (Å²) in [5, 5.41) is 5.55. The van der Waals surface area contributed by atoms with Gasteiger partial charge in [-0.1, -0.05) is 0 Å². The fourth-order valence-corrected chi connectivity index (χ4v) is 2.72. The molecule has 3 aliphatic heterocycles. The first-order valence-corrected chi connectivity index (χ1v) is 5.23. The zero-order valence-corrected chi connectivity index (χ0v) is 10.7. The van der Waals surface area contributed by atoms with Gasteiger partial charge in [0, 0.05) is 17.3 Å². The Morgan fingerprint density at radius 1 is 1.25 bits per heavy atom. The summed E-state index contributed by atoms with van der Waals surface area (Å²) in [6, 6.07) is 0. The molecule has 0 saturated carbocycles. The van der Waals surface area contributed by atoms with Gasteiger partial charge in [-0.2, -0.15) is 0 Å². The molecule has 6 heteroatoms. The first kappa shape index (κ1) is 13.5. The number of rotatable bonds is 0. The van der Waals surface area contributed by atoms with Crippen molar-refractivity contribution in [2.24, 2.45) is 11.1 Å². The molecule has 1 fully saturated rings. The Kier molecular flexibility index (Phi) is 3.99. The average Bonchev–Trinajstić information content (AvgIpc) is 2.73. The molecule has 1 spiro atoms. The molecule has 0 unspecified atom stereocenters. The molecule has 0 bridgehead atoms. The van der Waals surface area contributed by atoms with E-state index in [1.807, 2.05) is 6.20 Å². The molecule has 4 N–H and O–H groups in total. The number of hydrogen-bond acceptors (Lipinski definition) is 4. The van der Waals surface area contributed by atoms with Gasteiger partial charge in [-0.15, -0.1) is 24.8 Å². The van der Waals surface area contributed by atoms with Crippen LogP contribution in [0, 0.1) is 5.41 Å². The second-order valence-electron chi connectivity index (χ2n) is 4.38.